The lowest BCUT2D eigenvalue weighted by Crippen LogP contribution is -2.14. The molecule has 2 aromatic rings. The van der Waals surface area contributed by atoms with E-state index in [0.29, 0.717) is 12.1 Å². The highest BCUT2D eigenvalue weighted by Gasteiger charge is 2.19. The van der Waals surface area contributed by atoms with Gasteiger partial charge in [0.1, 0.15) is 17.3 Å². The Kier molecular flexibility index (Phi) is 5.90. The highest BCUT2D eigenvalue weighted by Crippen LogP contribution is 2.21. The summed E-state index contributed by atoms with van der Waals surface area (Å²) in [6.45, 7) is 5.57. The number of carbonyl (C=O) groups excluding carboxylic acids is 2. The van der Waals surface area contributed by atoms with E-state index in [9.17, 15) is 18.4 Å². The van der Waals surface area contributed by atoms with Gasteiger partial charge in [-0.1, -0.05) is 0 Å². The molecule has 0 radical (unpaired) electrons. The van der Waals surface area contributed by atoms with Gasteiger partial charge in [-0.2, -0.15) is 0 Å². The van der Waals surface area contributed by atoms with E-state index < -0.39 is 23.5 Å². The lowest BCUT2D eigenvalue weighted by atomic mass is 10.0. The first-order valence-electron chi connectivity index (χ1n) is 7.93. The van der Waals surface area contributed by atoms with E-state index >= 15 is 0 Å². The summed E-state index contributed by atoms with van der Waals surface area (Å²) in [6, 6.07) is 2.87. The molecule has 0 aliphatic rings. The Morgan fingerprint density at radius 1 is 1.24 bits per heavy atom. The van der Waals surface area contributed by atoms with Crippen LogP contribution in [0.3, 0.4) is 0 Å². The molecule has 1 amide bonds. The number of aromatic nitrogens is 1. The molecule has 2 rings (SSSR count). The summed E-state index contributed by atoms with van der Waals surface area (Å²) in [5.41, 5.74) is 2.49. The molecule has 2 N–H and O–H groups in total. The van der Waals surface area contributed by atoms with E-state index in [0.717, 1.165) is 35.0 Å². The highest BCUT2D eigenvalue weighted by molar-refractivity contribution is 5.92. The number of rotatable bonds is 6. The molecule has 0 aliphatic carbocycles. The van der Waals surface area contributed by atoms with E-state index in [1.54, 1.807) is 20.8 Å². The Balaban J connectivity index is 2.05. The number of carbonyl (C=O) groups is 2. The normalized spacial score (nSPS) is 10.6. The second kappa shape index (κ2) is 7.92. The van der Waals surface area contributed by atoms with Crippen LogP contribution in [0.4, 0.5) is 14.5 Å². The topological polar surface area (TPSA) is 71.2 Å². The molecule has 0 fully saturated rings. The smallest absolute Gasteiger partial charge is 0.355 e. The van der Waals surface area contributed by atoms with Crippen molar-refractivity contribution in [3.8, 4) is 0 Å². The minimum atomic E-state index is -0.701. The summed E-state index contributed by atoms with van der Waals surface area (Å²) in [4.78, 5) is 26.9. The SMILES string of the molecule is CCOC(=O)c1[nH]c(C)c(CCC(=O)Nc2cc(F)ccc2F)c1C. The molecule has 0 saturated carbocycles. The van der Waals surface area contributed by atoms with Gasteiger partial charge >= 0.3 is 5.97 Å². The Bertz CT molecular complexity index is 800. The Morgan fingerprint density at radius 3 is 2.64 bits per heavy atom. The van der Waals surface area contributed by atoms with Gasteiger partial charge in [-0.05, 0) is 50.5 Å². The van der Waals surface area contributed by atoms with Gasteiger partial charge in [-0.3, -0.25) is 4.79 Å². The van der Waals surface area contributed by atoms with Crippen LogP contribution in [-0.2, 0) is 16.0 Å². The van der Waals surface area contributed by atoms with Crippen LogP contribution in [-0.4, -0.2) is 23.5 Å². The van der Waals surface area contributed by atoms with E-state index in [4.69, 9.17) is 4.74 Å². The number of aryl methyl sites for hydroxylation is 1. The summed E-state index contributed by atoms with van der Waals surface area (Å²) < 4.78 is 31.7. The van der Waals surface area contributed by atoms with Crippen molar-refractivity contribution in [1.82, 2.24) is 4.98 Å². The number of halogens is 2. The van der Waals surface area contributed by atoms with Gasteiger partial charge in [0.05, 0.1) is 12.3 Å². The lowest BCUT2D eigenvalue weighted by molar-refractivity contribution is -0.116. The predicted molar refractivity (Wildman–Crippen MR) is 89.5 cm³/mol. The lowest BCUT2D eigenvalue weighted by Gasteiger charge is -2.07. The van der Waals surface area contributed by atoms with Crippen molar-refractivity contribution in [2.75, 3.05) is 11.9 Å². The van der Waals surface area contributed by atoms with Crippen molar-refractivity contribution in [2.24, 2.45) is 0 Å². The number of benzene rings is 1. The van der Waals surface area contributed by atoms with Gasteiger partial charge in [0.2, 0.25) is 5.91 Å². The fourth-order valence-corrected chi connectivity index (χ4v) is 2.62. The molecule has 25 heavy (non-hydrogen) atoms. The van der Waals surface area contributed by atoms with Gasteiger partial charge in [-0.15, -0.1) is 0 Å². The molecule has 0 saturated heterocycles. The molecule has 0 spiro atoms. The molecule has 1 heterocycles. The third kappa shape index (κ3) is 4.43. The van der Waals surface area contributed by atoms with Gasteiger partial charge in [0.15, 0.2) is 0 Å². The Morgan fingerprint density at radius 2 is 1.96 bits per heavy atom. The molecule has 0 atom stereocenters. The second-order valence-electron chi connectivity index (χ2n) is 5.62. The quantitative estimate of drug-likeness (QED) is 0.781. The van der Waals surface area contributed by atoms with Crippen LogP contribution in [0.5, 0.6) is 0 Å². The summed E-state index contributed by atoms with van der Waals surface area (Å²) in [5, 5.41) is 2.35. The van der Waals surface area contributed by atoms with Crippen molar-refractivity contribution in [3.63, 3.8) is 0 Å². The molecule has 0 bridgehead atoms. The maximum absolute atomic E-state index is 13.5. The number of H-pyrrole nitrogens is 1. The van der Waals surface area contributed by atoms with Crippen molar-refractivity contribution >= 4 is 17.6 Å². The van der Waals surface area contributed by atoms with Gasteiger partial charge in [0, 0.05) is 18.2 Å². The summed E-state index contributed by atoms with van der Waals surface area (Å²) in [7, 11) is 0. The van der Waals surface area contributed by atoms with E-state index in [2.05, 4.69) is 10.3 Å². The Labute approximate surface area is 144 Å². The number of hydrogen-bond donors (Lipinski definition) is 2. The minimum absolute atomic E-state index is 0.0672. The largest absolute Gasteiger partial charge is 0.461 e. The number of nitrogens with one attached hydrogen (secondary N) is 2. The molecule has 7 heteroatoms. The summed E-state index contributed by atoms with van der Waals surface area (Å²) >= 11 is 0. The van der Waals surface area contributed by atoms with Gasteiger partial charge in [-0.25, -0.2) is 13.6 Å². The first kappa shape index (κ1) is 18.6. The Hall–Kier alpha value is -2.70. The molecule has 1 aromatic carbocycles. The molecule has 0 aliphatic heterocycles. The maximum Gasteiger partial charge on any atom is 0.355 e. The van der Waals surface area contributed by atoms with Crippen LogP contribution >= 0.6 is 0 Å². The second-order valence-corrected chi connectivity index (χ2v) is 5.62. The van der Waals surface area contributed by atoms with Crippen LogP contribution in [0.25, 0.3) is 0 Å². The van der Waals surface area contributed by atoms with E-state index in [1.165, 1.54) is 0 Å². The van der Waals surface area contributed by atoms with Crippen molar-refractivity contribution < 1.29 is 23.1 Å². The van der Waals surface area contributed by atoms with Crippen LogP contribution in [0.15, 0.2) is 18.2 Å². The fourth-order valence-electron chi connectivity index (χ4n) is 2.62. The zero-order chi connectivity index (χ0) is 18.6. The van der Waals surface area contributed by atoms with Crippen LogP contribution in [0.1, 0.15) is 40.7 Å². The van der Waals surface area contributed by atoms with Crippen molar-refractivity contribution in [1.29, 1.82) is 0 Å². The number of anilines is 1. The highest BCUT2D eigenvalue weighted by atomic mass is 19.1. The third-order valence-corrected chi connectivity index (χ3v) is 3.88. The average molecular weight is 350 g/mol. The van der Waals surface area contributed by atoms with Crippen LogP contribution < -0.4 is 5.32 Å². The number of aromatic amines is 1. The van der Waals surface area contributed by atoms with Crippen molar-refractivity contribution in [3.05, 3.63) is 52.3 Å². The third-order valence-electron chi connectivity index (χ3n) is 3.88. The monoisotopic (exact) mass is 350 g/mol. The zero-order valence-corrected chi connectivity index (χ0v) is 14.3. The number of amides is 1. The molecule has 134 valence electrons. The summed E-state index contributed by atoms with van der Waals surface area (Å²) in [6.07, 6.45) is 0.425. The molecule has 5 nitrogen and oxygen atoms in total. The predicted octanol–water partition coefficient (Wildman–Crippen LogP) is 3.66. The summed E-state index contributed by atoms with van der Waals surface area (Å²) in [5.74, 6) is -2.22. The van der Waals surface area contributed by atoms with Crippen LogP contribution in [0, 0.1) is 25.5 Å². The first-order valence-corrected chi connectivity index (χ1v) is 7.93. The number of ether oxygens (including phenoxy) is 1. The van der Waals surface area contributed by atoms with E-state index in [-0.39, 0.29) is 18.7 Å². The molecular formula is C18H20F2N2O3. The van der Waals surface area contributed by atoms with Gasteiger partial charge < -0.3 is 15.0 Å². The van der Waals surface area contributed by atoms with E-state index in [1.807, 2.05) is 0 Å². The van der Waals surface area contributed by atoms with Gasteiger partial charge in [0.25, 0.3) is 0 Å². The zero-order valence-electron chi connectivity index (χ0n) is 14.3. The number of esters is 1. The fraction of sp³-hybridized carbons (Fsp3) is 0.333. The molecule has 0 unspecified atom stereocenters. The standard InChI is InChI=1S/C18H20F2N2O3/c1-4-25-18(24)17-10(2)13(11(3)21-17)6-8-16(23)22-15-9-12(19)5-7-14(15)20/h5,7,9,21H,4,6,8H2,1-3H3,(H,22,23). The molecular weight excluding hydrogens is 330 g/mol. The number of hydrogen-bond acceptors (Lipinski definition) is 3. The maximum atomic E-state index is 13.5. The minimum Gasteiger partial charge on any atom is -0.461 e. The average Bonchev–Trinajstić information content (AvgIpc) is 2.84. The molecule has 1 aromatic heterocycles. The van der Waals surface area contributed by atoms with Crippen LogP contribution in [0.2, 0.25) is 0 Å². The first-order chi connectivity index (χ1) is 11.8. The van der Waals surface area contributed by atoms with Crippen molar-refractivity contribution in [2.45, 2.75) is 33.6 Å².